The number of hydrogen-bond acceptors (Lipinski definition) is 0. The minimum Gasteiger partial charge on any atom is -0.0619 e. The first-order valence-electron chi connectivity index (χ1n) is 17.3. The normalized spacial score (nSPS) is 13.3. The Morgan fingerprint density at radius 2 is 0.714 bits per heavy atom. The van der Waals surface area contributed by atoms with E-state index in [0.29, 0.717) is 0 Å². The first-order valence-corrected chi connectivity index (χ1v) is 17.3. The van der Waals surface area contributed by atoms with Gasteiger partial charge in [-0.2, -0.15) is 0 Å². The molecule has 0 nitrogen and oxygen atoms in total. The molecule has 230 valence electrons. The van der Waals surface area contributed by atoms with Crippen molar-refractivity contribution >= 4 is 43.1 Å². The quantitative estimate of drug-likeness (QED) is 0.172. The predicted molar refractivity (Wildman–Crippen MR) is 210 cm³/mol. The van der Waals surface area contributed by atoms with Crippen molar-refractivity contribution in [2.75, 3.05) is 0 Å². The van der Waals surface area contributed by atoms with Crippen LogP contribution in [0.1, 0.15) is 25.0 Å². The van der Waals surface area contributed by atoms with E-state index in [9.17, 15) is 0 Å². The maximum atomic E-state index is 2.43. The van der Waals surface area contributed by atoms with Crippen LogP contribution in [0, 0.1) is 0 Å². The third kappa shape index (κ3) is 4.17. The molecule has 0 fully saturated rings. The minimum absolute atomic E-state index is 0.0275. The van der Waals surface area contributed by atoms with E-state index in [1.54, 1.807) is 0 Å². The molecule has 0 saturated heterocycles. The van der Waals surface area contributed by atoms with E-state index in [0.717, 1.165) is 0 Å². The van der Waals surface area contributed by atoms with E-state index in [2.05, 4.69) is 184 Å². The van der Waals surface area contributed by atoms with E-state index in [4.69, 9.17) is 0 Å². The summed E-state index contributed by atoms with van der Waals surface area (Å²) in [5.74, 6) is 0. The van der Waals surface area contributed by atoms with E-state index in [-0.39, 0.29) is 5.41 Å². The molecule has 0 heterocycles. The fraction of sp³-hybridized carbons (Fsp3) is 0.0612. The fourth-order valence-corrected chi connectivity index (χ4v) is 8.63. The monoisotopic (exact) mass is 622 g/mol. The van der Waals surface area contributed by atoms with Crippen LogP contribution in [-0.4, -0.2) is 0 Å². The Kier molecular flexibility index (Phi) is 6.02. The molecule has 0 amide bonds. The van der Waals surface area contributed by atoms with Gasteiger partial charge in [0.25, 0.3) is 0 Å². The highest BCUT2D eigenvalue weighted by atomic mass is 14.4. The van der Waals surface area contributed by atoms with Gasteiger partial charge in [-0.1, -0.05) is 166 Å². The Balaban J connectivity index is 1.09. The summed E-state index contributed by atoms with van der Waals surface area (Å²) >= 11 is 0. The first kappa shape index (κ1) is 28.1. The average Bonchev–Trinajstić information content (AvgIpc) is 3.40. The van der Waals surface area contributed by atoms with Crippen LogP contribution < -0.4 is 0 Å². The predicted octanol–water partition coefficient (Wildman–Crippen LogP) is 13.6. The highest BCUT2D eigenvalue weighted by molar-refractivity contribution is 6.25. The molecule has 0 N–H and O–H groups in total. The van der Waals surface area contributed by atoms with Gasteiger partial charge in [0.2, 0.25) is 0 Å². The highest BCUT2D eigenvalue weighted by Gasteiger charge is 2.35. The zero-order valence-electron chi connectivity index (χ0n) is 27.7. The molecule has 0 heteroatoms. The van der Waals surface area contributed by atoms with Crippen LogP contribution >= 0.6 is 0 Å². The molecule has 49 heavy (non-hydrogen) atoms. The number of hydrogen-bond donors (Lipinski definition) is 0. The SMILES string of the molecule is CC1(C)c2ccccc2-c2ccc(-c3ccc(-c4cccc(-c5ccc6c7ccccc7c7ccccc7c6c5)c4)c4ccccc34)cc21. The van der Waals surface area contributed by atoms with Gasteiger partial charge < -0.3 is 0 Å². The lowest BCUT2D eigenvalue weighted by atomic mass is 9.81. The molecule has 0 aromatic heterocycles. The van der Waals surface area contributed by atoms with Crippen molar-refractivity contribution in [2.45, 2.75) is 19.3 Å². The van der Waals surface area contributed by atoms with Crippen LogP contribution in [0.2, 0.25) is 0 Å². The summed E-state index contributed by atoms with van der Waals surface area (Å²) in [5, 5.41) is 10.4. The van der Waals surface area contributed by atoms with Crippen LogP contribution in [0.25, 0.3) is 87.6 Å². The summed E-state index contributed by atoms with van der Waals surface area (Å²) in [7, 11) is 0. The van der Waals surface area contributed by atoms with Crippen molar-refractivity contribution in [2.24, 2.45) is 0 Å². The first-order chi connectivity index (χ1) is 24.1. The van der Waals surface area contributed by atoms with Gasteiger partial charge in [0.1, 0.15) is 0 Å². The van der Waals surface area contributed by atoms with Gasteiger partial charge in [-0.3, -0.25) is 0 Å². The topological polar surface area (TPSA) is 0 Å². The van der Waals surface area contributed by atoms with Crippen molar-refractivity contribution in [3.05, 3.63) is 181 Å². The second-order valence-corrected chi connectivity index (χ2v) is 14.1. The van der Waals surface area contributed by atoms with E-state index >= 15 is 0 Å². The lowest BCUT2D eigenvalue weighted by molar-refractivity contribution is 0.660. The van der Waals surface area contributed by atoms with Gasteiger partial charge in [0, 0.05) is 5.41 Å². The van der Waals surface area contributed by atoms with Gasteiger partial charge in [-0.05, 0) is 117 Å². The third-order valence-electron chi connectivity index (χ3n) is 11.1. The van der Waals surface area contributed by atoms with Gasteiger partial charge in [0.15, 0.2) is 0 Å². The summed E-state index contributed by atoms with van der Waals surface area (Å²) in [6, 6.07) is 63.2. The Morgan fingerprint density at radius 3 is 1.39 bits per heavy atom. The third-order valence-corrected chi connectivity index (χ3v) is 11.1. The molecule has 0 aliphatic heterocycles. The molecule has 0 radical (unpaired) electrons. The summed E-state index contributed by atoms with van der Waals surface area (Å²) in [4.78, 5) is 0. The van der Waals surface area contributed by atoms with Crippen LogP contribution in [0.3, 0.4) is 0 Å². The molecular formula is C49H34. The van der Waals surface area contributed by atoms with Gasteiger partial charge in [0.05, 0.1) is 0 Å². The zero-order valence-corrected chi connectivity index (χ0v) is 27.7. The molecule has 1 aliphatic rings. The van der Waals surface area contributed by atoms with Gasteiger partial charge in [-0.15, -0.1) is 0 Å². The Bertz CT molecular complexity index is 2760. The van der Waals surface area contributed by atoms with Crippen molar-refractivity contribution in [1.29, 1.82) is 0 Å². The standard InChI is InChI=1S/C49H34/c1-49(2)47-21-10-9-20-44(47)45-25-23-34(30-48(45)49)36-27-26-35(37-14-3-4-15-38(36)37)33-13-11-12-31(28-33)32-22-24-43-41-18-6-5-16-39(41)40-17-7-8-19-42(40)46(43)29-32/h3-30H,1-2H3. The van der Waals surface area contributed by atoms with E-state index < -0.39 is 0 Å². The van der Waals surface area contributed by atoms with Crippen LogP contribution in [0.15, 0.2) is 170 Å². The highest BCUT2D eigenvalue weighted by Crippen LogP contribution is 2.50. The van der Waals surface area contributed by atoms with Crippen molar-refractivity contribution in [3.63, 3.8) is 0 Å². The van der Waals surface area contributed by atoms with Gasteiger partial charge in [-0.25, -0.2) is 0 Å². The smallest absolute Gasteiger partial charge is 0.0159 e. The van der Waals surface area contributed by atoms with Crippen LogP contribution in [0.4, 0.5) is 0 Å². The molecule has 9 aromatic rings. The molecule has 0 unspecified atom stereocenters. The summed E-state index contributed by atoms with van der Waals surface area (Å²) in [5.41, 5.74) is 13.0. The second kappa shape index (κ2) is 10.5. The molecule has 0 spiro atoms. The summed E-state index contributed by atoms with van der Waals surface area (Å²) < 4.78 is 0. The lowest BCUT2D eigenvalue weighted by Crippen LogP contribution is -2.14. The van der Waals surface area contributed by atoms with Gasteiger partial charge >= 0.3 is 0 Å². The molecule has 0 bridgehead atoms. The summed E-state index contributed by atoms with van der Waals surface area (Å²) in [6.45, 7) is 4.71. The second-order valence-electron chi connectivity index (χ2n) is 14.1. The largest absolute Gasteiger partial charge is 0.0619 e. The van der Waals surface area contributed by atoms with Crippen molar-refractivity contribution < 1.29 is 0 Å². The Labute approximate surface area is 286 Å². The average molecular weight is 623 g/mol. The van der Waals surface area contributed by atoms with Crippen molar-refractivity contribution in [3.8, 4) is 44.5 Å². The maximum absolute atomic E-state index is 2.43. The number of benzene rings is 9. The Morgan fingerprint density at radius 1 is 0.265 bits per heavy atom. The van der Waals surface area contributed by atoms with Crippen LogP contribution in [-0.2, 0) is 5.41 Å². The number of fused-ring (bicyclic) bond motifs is 10. The number of rotatable bonds is 3. The van der Waals surface area contributed by atoms with Crippen LogP contribution in [0.5, 0.6) is 0 Å². The minimum atomic E-state index is -0.0275. The van der Waals surface area contributed by atoms with E-state index in [1.807, 2.05) is 0 Å². The zero-order chi connectivity index (χ0) is 32.7. The fourth-order valence-electron chi connectivity index (χ4n) is 8.63. The summed E-state index contributed by atoms with van der Waals surface area (Å²) in [6.07, 6.45) is 0. The molecule has 0 saturated carbocycles. The molecular weight excluding hydrogens is 589 g/mol. The molecule has 1 aliphatic carbocycles. The molecule has 10 rings (SSSR count). The lowest BCUT2D eigenvalue weighted by Gasteiger charge is -2.22. The van der Waals surface area contributed by atoms with Crippen molar-refractivity contribution in [1.82, 2.24) is 0 Å². The molecule has 9 aromatic carbocycles. The molecule has 0 atom stereocenters. The maximum Gasteiger partial charge on any atom is 0.0159 e. The Hall–Kier alpha value is -5.98. The van der Waals surface area contributed by atoms with E-state index in [1.165, 1.54) is 98.7 Å².